The number of rotatable bonds is 6. The van der Waals surface area contributed by atoms with Crippen LogP contribution in [0.4, 0.5) is 0 Å². The van der Waals surface area contributed by atoms with Crippen molar-refractivity contribution in [3.63, 3.8) is 0 Å². The van der Waals surface area contributed by atoms with Crippen LogP contribution < -0.4 is 5.73 Å². The van der Waals surface area contributed by atoms with E-state index in [-0.39, 0.29) is 0 Å². The van der Waals surface area contributed by atoms with Gasteiger partial charge < -0.3 is 15.6 Å². The van der Waals surface area contributed by atoms with Gasteiger partial charge in [-0.05, 0) is 25.2 Å². The van der Waals surface area contributed by atoms with Crippen molar-refractivity contribution in [3.05, 3.63) is 0 Å². The van der Waals surface area contributed by atoms with Crippen LogP contribution in [0, 0.1) is 5.92 Å². The molecular formula is C9H17NO3. The molecule has 1 fully saturated rings. The molecule has 1 aliphatic carbocycles. The highest BCUT2D eigenvalue weighted by Crippen LogP contribution is 2.26. The van der Waals surface area contributed by atoms with Crippen LogP contribution in [0.15, 0.2) is 0 Å². The molecule has 1 aliphatic rings. The van der Waals surface area contributed by atoms with Crippen molar-refractivity contribution in [1.82, 2.24) is 0 Å². The zero-order chi connectivity index (χ0) is 9.68. The zero-order valence-corrected chi connectivity index (χ0v) is 7.74. The molecule has 0 aliphatic heterocycles. The van der Waals surface area contributed by atoms with Crippen molar-refractivity contribution in [2.75, 3.05) is 13.2 Å². The third-order valence-corrected chi connectivity index (χ3v) is 2.47. The van der Waals surface area contributed by atoms with Crippen molar-refractivity contribution < 1.29 is 14.6 Å². The van der Waals surface area contributed by atoms with Gasteiger partial charge in [-0.2, -0.15) is 0 Å². The van der Waals surface area contributed by atoms with Crippen LogP contribution in [-0.2, 0) is 9.53 Å². The van der Waals surface area contributed by atoms with E-state index >= 15 is 0 Å². The maximum Gasteiger partial charge on any atom is 0.320 e. The lowest BCUT2D eigenvalue weighted by atomic mass is 9.86. The fourth-order valence-electron chi connectivity index (χ4n) is 1.24. The highest BCUT2D eigenvalue weighted by Gasteiger charge is 2.17. The van der Waals surface area contributed by atoms with Gasteiger partial charge in [0.05, 0.1) is 0 Å². The summed E-state index contributed by atoms with van der Waals surface area (Å²) >= 11 is 0. The first-order chi connectivity index (χ1) is 6.20. The van der Waals surface area contributed by atoms with E-state index < -0.39 is 12.0 Å². The van der Waals surface area contributed by atoms with E-state index in [1.165, 1.54) is 19.3 Å². The van der Waals surface area contributed by atoms with Crippen LogP contribution in [0.2, 0.25) is 0 Å². The minimum Gasteiger partial charge on any atom is -0.480 e. The first-order valence-electron chi connectivity index (χ1n) is 4.76. The molecule has 76 valence electrons. The van der Waals surface area contributed by atoms with Gasteiger partial charge in [-0.15, -0.1) is 0 Å². The van der Waals surface area contributed by atoms with Crippen LogP contribution >= 0.6 is 0 Å². The van der Waals surface area contributed by atoms with E-state index in [1.807, 2.05) is 0 Å². The van der Waals surface area contributed by atoms with Crippen molar-refractivity contribution >= 4 is 5.97 Å². The topological polar surface area (TPSA) is 72.5 Å². The molecule has 0 aromatic carbocycles. The summed E-state index contributed by atoms with van der Waals surface area (Å²) in [7, 11) is 0. The SMILES string of the molecule is NC(CCOCC1CCC1)C(=O)O. The Labute approximate surface area is 78.1 Å². The number of hydrogen-bond donors (Lipinski definition) is 2. The van der Waals surface area contributed by atoms with E-state index in [0.717, 1.165) is 6.61 Å². The summed E-state index contributed by atoms with van der Waals surface area (Å²) in [6, 6.07) is -0.776. The third kappa shape index (κ3) is 3.74. The molecule has 0 aromatic heterocycles. The van der Waals surface area contributed by atoms with E-state index in [2.05, 4.69) is 0 Å². The molecule has 3 N–H and O–H groups in total. The molecule has 1 saturated carbocycles. The molecule has 1 rings (SSSR count). The number of carbonyl (C=O) groups is 1. The van der Waals surface area contributed by atoms with E-state index in [0.29, 0.717) is 18.9 Å². The van der Waals surface area contributed by atoms with Gasteiger partial charge in [0.25, 0.3) is 0 Å². The van der Waals surface area contributed by atoms with Crippen LogP contribution in [0.1, 0.15) is 25.7 Å². The van der Waals surface area contributed by atoms with Crippen molar-refractivity contribution in [3.8, 4) is 0 Å². The minimum absolute atomic E-state index is 0.405. The third-order valence-electron chi connectivity index (χ3n) is 2.47. The Kier molecular flexibility index (Phi) is 4.18. The van der Waals surface area contributed by atoms with E-state index in [1.54, 1.807) is 0 Å². The molecule has 0 radical (unpaired) electrons. The Bertz CT molecular complexity index is 168. The molecule has 0 spiro atoms. The Morgan fingerprint density at radius 3 is 2.77 bits per heavy atom. The maximum absolute atomic E-state index is 10.3. The van der Waals surface area contributed by atoms with Gasteiger partial charge in [0.1, 0.15) is 6.04 Å². The molecule has 13 heavy (non-hydrogen) atoms. The quantitative estimate of drug-likeness (QED) is 0.597. The lowest BCUT2D eigenvalue weighted by molar-refractivity contribution is -0.139. The first-order valence-corrected chi connectivity index (χ1v) is 4.76. The van der Waals surface area contributed by atoms with Crippen molar-refractivity contribution in [2.45, 2.75) is 31.7 Å². The monoisotopic (exact) mass is 187 g/mol. The average Bonchev–Trinajstić information content (AvgIpc) is 2.00. The molecule has 0 bridgehead atoms. The molecule has 1 atom stereocenters. The second kappa shape index (κ2) is 5.19. The van der Waals surface area contributed by atoms with Gasteiger partial charge in [-0.25, -0.2) is 0 Å². The number of ether oxygens (including phenoxy) is 1. The normalized spacial score (nSPS) is 19.5. The standard InChI is InChI=1S/C9H17NO3/c10-8(9(11)12)4-5-13-6-7-2-1-3-7/h7-8H,1-6,10H2,(H,11,12). The summed E-state index contributed by atoms with van der Waals surface area (Å²) in [5.74, 6) is -0.242. The molecule has 0 aromatic rings. The van der Waals surface area contributed by atoms with Gasteiger partial charge >= 0.3 is 5.97 Å². The Morgan fingerprint density at radius 2 is 2.31 bits per heavy atom. The molecule has 4 heteroatoms. The average molecular weight is 187 g/mol. The largest absolute Gasteiger partial charge is 0.480 e. The first kappa shape index (κ1) is 10.5. The van der Waals surface area contributed by atoms with E-state index in [9.17, 15) is 4.79 Å². The summed E-state index contributed by atoms with van der Waals surface area (Å²) < 4.78 is 5.32. The van der Waals surface area contributed by atoms with Gasteiger partial charge in [0.2, 0.25) is 0 Å². The maximum atomic E-state index is 10.3. The van der Waals surface area contributed by atoms with Crippen LogP contribution in [0.5, 0.6) is 0 Å². The number of nitrogens with two attached hydrogens (primary N) is 1. The Morgan fingerprint density at radius 1 is 1.62 bits per heavy atom. The molecular weight excluding hydrogens is 170 g/mol. The Balaban J connectivity index is 1.90. The molecule has 0 amide bonds. The predicted molar refractivity (Wildman–Crippen MR) is 48.4 cm³/mol. The molecule has 0 heterocycles. The molecule has 4 nitrogen and oxygen atoms in total. The smallest absolute Gasteiger partial charge is 0.320 e. The van der Waals surface area contributed by atoms with Crippen LogP contribution in [0.25, 0.3) is 0 Å². The van der Waals surface area contributed by atoms with E-state index in [4.69, 9.17) is 15.6 Å². The molecule has 0 saturated heterocycles. The summed E-state index contributed by atoms with van der Waals surface area (Å²) in [5, 5.41) is 8.47. The van der Waals surface area contributed by atoms with Gasteiger partial charge in [0, 0.05) is 13.2 Å². The van der Waals surface area contributed by atoms with Gasteiger partial charge in [-0.1, -0.05) is 6.42 Å². The summed E-state index contributed by atoms with van der Waals surface area (Å²) in [4.78, 5) is 10.3. The highest BCUT2D eigenvalue weighted by molar-refractivity contribution is 5.72. The lowest BCUT2D eigenvalue weighted by Gasteiger charge is -2.24. The minimum atomic E-state index is -0.952. The molecule has 1 unspecified atom stereocenters. The summed E-state index contributed by atoms with van der Waals surface area (Å²) in [5.41, 5.74) is 5.30. The second-order valence-electron chi connectivity index (χ2n) is 3.61. The second-order valence-corrected chi connectivity index (χ2v) is 3.61. The number of hydrogen-bond acceptors (Lipinski definition) is 3. The summed E-state index contributed by atoms with van der Waals surface area (Å²) in [6.07, 6.45) is 4.22. The van der Waals surface area contributed by atoms with Crippen molar-refractivity contribution in [2.24, 2.45) is 11.7 Å². The number of carboxylic acid groups (broad SMARTS) is 1. The van der Waals surface area contributed by atoms with Crippen LogP contribution in [-0.4, -0.2) is 30.3 Å². The lowest BCUT2D eigenvalue weighted by Crippen LogP contribution is -2.31. The van der Waals surface area contributed by atoms with Crippen LogP contribution in [0.3, 0.4) is 0 Å². The van der Waals surface area contributed by atoms with Crippen molar-refractivity contribution in [1.29, 1.82) is 0 Å². The predicted octanol–water partition coefficient (Wildman–Crippen LogP) is 0.605. The number of aliphatic carboxylic acids is 1. The summed E-state index contributed by atoms with van der Waals surface area (Å²) in [6.45, 7) is 1.23. The van der Waals surface area contributed by atoms with Gasteiger partial charge in [0.15, 0.2) is 0 Å². The fraction of sp³-hybridized carbons (Fsp3) is 0.889. The fourth-order valence-corrected chi connectivity index (χ4v) is 1.24. The highest BCUT2D eigenvalue weighted by atomic mass is 16.5. The number of carboxylic acids is 1. The Hall–Kier alpha value is -0.610. The van der Waals surface area contributed by atoms with Gasteiger partial charge in [-0.3, -0.25) is 4.79 Å². The zero-order valence-electron chi connectivity index (χ0n) is 7.74.